The number of rotatable bonds is 8. The molecule has 1 amide bonds. The highest BCUT2D eigenvalue weighted by atomic mass is 19.3. The topological polar surface area (TPSA) is 69.7 Å². The number of hydrogen-bond acceptors (Lipinski definition) is 5. The molecule has 0 radical (unpaired) electrons. The van der Waals surface area contributed by atoms with Gasteiger partial charge in [0.05, 0.1) is 12.2 Å². The molecule has 2 aromatic carbocycles. The van der Waals surface area contributed by atoms with Crippen molar-refractivity contribution in [2.24, 2.45) is 0 Å². The van der Waals surface area contributed by atoms with Crippen LogP contribution < -0.4 is 14.8 Å². The van der Waals surface area contributed by atoms with E-state index in [0.717, 1.165) is 6.07 Å². The number of cyclic esters (lactones) is 1. The van der Waals surface area contributed by atoms with E-state index in [1.165, 1.54) is 12.1 Å². The molecular formula is C23H18F4N2O4. The van der Waals surface area contributed by atoms with Gasteiger partial charge in [0.15, 0.2) is 0 Å². The first kappa shape index (κ1) is 22.4. The summed E-state index contributed by atoms with van der Waals surface area (Å²) in [6.45, 7) is 0. The molecule has 2 atom stereocenters. The van der Waals surface area contributed by atoms with Crippen LogP contribution in [0.3, 0.4) is 0 Å². The Bertz CT molecular complexity index is 1100. The molecule has 0 spiro atoms. The Morgan fingerprint density at radius 1 is 1.03 bits per heavy atom. The van der Waals surface area contributed by atoms with E-state index in [0.29, 0.717) is 22.6 Å². The van der Waals surface area contributed by atoms with E-state index in [-0.39, 0.29) is 6.42 Å². The lowest BCUT2D eigenvalue weighted by atomic mass is 9.96. The van der Waals surface area contributed by atoms with Crippen molar-refractivity contribution in [1.29, 1.82) is 0 Å². The molecule has 3 aromatic rings. The number of ether oxygens (including phenoxy) is 3. The molecular weight excluding hydrogens is 444 g/mol. The van der Waals surface area contributed by atoms with E-state index in [9.17, 15) is 22.4 Å². The van der Waals surface area contributed by atoms with Crippen molar-refractivity contribution in [3.05, 3.63) is 84.2 Å². The normalized spacial score (nSPS) is 18.0. The standard InChI is InChI=1S/C23H18F4N2O4/c24-21(25)23(26,27)33-17-4-1-3-14(11-17)12-19-20(32-22(30)29-19)15-6-8-16(9-7-15)31-18-5-2-10-28-13-18/h1-11,13,19-21H,12H2,(H,29,30). The molecule has 4 rings (SSSR count). The van der Waals surface area contributed by atoms with E-state index in [2.05, 4.69) is 15.0 Å². The molecule has 0 bridgehead atoms. The number of alkyl halides is 4. The monoisotopic (exact) mass is 462 g/mol. The van der Waals surface area contributed by atoms with Crippen molar-refractivity contribution in [2.45, 2.75) is 31.1 Å². The molecule has 1 N–H and O–H groups in total. The summed E-state index contributed by atoms with van der Waals surface area (Å²) < 4.78 is 66.5. The van der Waals surface area contributed by atoms with Crippen molar-refractivity contribution in [1.82, 2.24) is 10.3 Å². The number of alkyl carbamates (subject to hydrolysis) is 1. The van der Waals surface area contributed by atoms with Crippen molar-refractivity contribution < 1.29 is 36.6 Å². The highest BCUT2D eigenvalue weighted by Gasteiger charge is 2.44. The van der Waals surface area contributed by atoms with E-state index in [4.69, 9.17) is 9.47 Å². The number of carbonyl (C=O) groups excluding carboxylic acids is 1. The molecule has 0 saturated carbocycles. The molecule has 1 aromatic heterocycles. The lowest BCUT2D eigenvalue weighted by Crippen LogP contribution is -2.33. The van der Waals surface area contributed by atoms with Gasteiger partial charge in [0.2, 0.25) is 0 Å². The first-order chi connectivity index (χ1) is 15.8. The van der Waals surface area contributed by atoms with Gasteiger partial charge in [-0.1, -0.05) is 24.3 Å². The van der Waals surface area contributed by atoms with Crippen molar-refractivity contribution >= 4 is 6.09 Å². The van der Waals surface area contributed by atoms with Gasteiger partial charge in [0, 0.05) is 6.20 Å². The van der Waals surface area contributed by atoms with Crippen LogP contribution in [-0.4, -0.2) is 29.7 Å². The lowest BCUT2D eigenvalue weighted by Gasteiger charge is -2.19. The van der Waals surface area contributed by atoms with Gasteiger partial charge in [-0.3, -0.25) is 4.98 Å². The maximum Gasteiger partial charge on any atom is 0.461 e. The number of pyridine rings is 1. The molecule has 1 fully saturated rings. The Balaban J connectivity index is 1.46. The van der Waals surface area contributed by atoms with Gasteiger partial charge in [-0.2, -0.15) is 17.6 Å². The molecule has 1 aliphatic heterocycles. The van der Waals surface area contributed by atoms with Gasteiger partial charge in [0.1, 0.15) is 23.4 Å². The van der Waals surface area contributed by atoms with Gasteiger partial charge in [-0.15, -0.1) is 0 Å². The predicted molar refractivity (Wildman–Crippen MR) is 109 cm³/mol. The molecule has 2 unspecified atom stereocenters. The Hall–Kier alpha value is -3.82. The van der Waals surface area contributed by atoms with Gasteiger partial charge in [0.25, 0.3) is 0 Å². The summed E-state index contributed by atoms with van der Waals surface area (Å²) in [5, 5.41) is 2.68. The number of aromatic nitrogens is 1. The summed E-state index contributed by atoms with van der Waals surface area (Å²) in [7, 11) is 0. The van der Waals surface area contributed by atoms with Gasteiger partial charge in [-0.05, 0) is 53.9 Å². The molecule has 172 valence electrons. The van der Waals surface area contributed by atoms with Crippen LogP contribution in [0.15, 0.2) is 73.1 Å². The molecule has 2 heterocycles. The summed E-state index contributed by atoms with van der Waals surface area (Å²) >= 11 is 0. The molecule has 33 heavy (non-hydrogen) atoms. The fraction of sp³-hybridized carbons (Fsp3) is 0.217. The zero-order chi connectivity index (χ0) is 23.4. The minimum Gasteiger partial charge on any atom is -0.456 e. The Morgan fingerprint density at radius 3 is 2.48 bits per heavy atom. The largest absolute Gasteiger partial charge is 0.461 e. The van der Waals surface area contributed by atoms with Crippen LogP contribution in [0, 0.1) is 0 Å². The SMILES string of the molecule is O=C1NC(Cc2cccc(OC(F)(F)C(F)F)c2)C(c2ccc(Oc3cccnc3)cc2)O1. The number of amides is 1. The summed E-state index contributed by atoms with van der Waals surface area (Å²) in [6, 6.07) is 15.3. The van der Waals surface area contributed by atoms with Gasteiger partial charge < -0.3 is 19.5 Å². The summed E-state index contributed by atoms with van der Waals surface area (Å²) in [6.07, 6.45) is -6.45. The maximum absolute atomic E-state index is 13.2. The van der Waals surface area contributed by atoms with Gasteiger partial charge in [-0.25, -0.2) is 4.79 Å². The zero-order valence-electron chi connectivity index (χ0n) is 17.0. The number of halogens is 4. The highest BCUT2D eigenvalue weighted by Crippen LogP contribution is 2.32. The fourth-order valence-corrected chi connectivity index (χ4v) is 3.38. The second-order valence-corrected chi connectivity index (χ2v) is 7.25. The second kappa shape index (κ2) is 9.35. The summed E-state index contributed by atoms with van der Waals surface area (Å²) in [5.74, 6) is 0.721. The van der Waals surface area contributed by atoms with E-state index >= 15 is 0 Å². The summed E-state index contributed by atoms with van der Waals surface area (Å²) in [5.41, 5.74) is 1.18. The van der Waals surface area contributed by atoms with Crippen LogP contribution in [0.4, 0.5) is 22.4 Å². The second-order valence-electron chi connectivity index (χ2n) is 7.25. The Labute approximate surface area is 186 Å². The zero-order valence-corrected chi connectivity index (χ0v) is 17.0. The van der Waals surface area contributed by atoms with Crippen LogP contribution in [0.5, 0.6) is 17.2 Å². The van der Waals surface area contributed by atoms with Crippen LogP contribution in [0.25, 0.3) is 0 Å². The van der Waals surface area contributed by atoms with E-state index < -0.39 is 36.5 Å². The average Bonchev–Trinajstić information content (AvgIpc) is 3.14. The Morgan fingerprint density at radius 2 is 1.79 bits per heavy atom. The van der Waals surface area contributed by atoms with E-state index in [1.54, 1.807) is 54.9 Å². The first-order valence-corrected chi connectivity index (χ1v) is 9.89. The van der Waals surface area contributed by atoms with E-state index in [1.807, 2.05) is 0 Å². The molecule has 0 aliphatic carbocycles. The average molecular weight is 462 g/mol. The van der Waals surface area contributed by atoms with Crippen LogP contribution in [0.2, 0.25) is 0 Å². The number of hydrogen-bond donors (Lipinski definition) is 1. The highest BCUT2D eigenvalue weighted by molar-refractivity contribution is 5.70. The molecule has 1 aliphatic rings. The molecule has 10 heteroatoms. The Kier molecular flexibility index (Phi) is 6.34. The predicted octanol–water partition coefficient (Wildman–Crippen LogP) is 5.50. The summed E-state index contributed by atoms with van der Waals surface area (Å²) in [4.78, 5) is 15.9. The number of carbonyl (C=O) groups is 1. The minimum absolute atomic E-state index is 0.196. The van der Waals surface area contributed by atoms with Crippen molar-refractivity contribution in [2.75, 3.05) is 0 Å². The first-order valence-electron chi connectivity index (χ1n) is 9.89. The third-order valence-corrected chi connectivity index (χ3v) is 4.84. The molecule has 1 saturated heterocycles. The quantitative estimate of drug-likeness (QED) is 0.448. The number of nitrogens with zero attached hydrogens (tertiary/aromatic N) is 1. The van der Waals surface area contributed by atoms with Crippen molar-refractivity contribution in [3.8, 4) is 17.2 Å². The fourth-order valence-electron chi connectivity index (χ4n) is 3.38. The van der Waals surface area contributed by atoms with Crippen LogP contribution in [-0.2, 0) is 11.2 Å². The number of benzene rings is 2. The third-order valence-electron chi connectivity index (χ3n) is 4.84. The molecule has 6 nitrogen and oxygen atoms in total. The number of nitrogens with one attached hydrogen (secondary N) is 1. The smallest absolute Gasteiger partial charge is 0.456 e. The van der Waals surface area contributed by atoms with Crippen molar-refractivity contribution in [3.63, 3.8) is 0 Å². The van der Waals surface area contributed by atoms with Crippen LogP contribution >= 0.6 is 0 Å². The maximum atomic E-state index is 13.2. The minimum atomic E-state index is -4.61. The third kappa shape index (κ3) is 5.51. The van der Waals surface area contributed by atoms with Crippen LogP contribution in [0.1, 0.15) is 17.2 Å². The van der Waals surface area contributed by atoms with Gasteiger partial charge >= 0.3 is 18.6 Å². The lowest BCUT2D eigenvalue weighted by molar-refractivity contribution is -0.253.